The molecule has 0 aromatic carbocycles. The van der Waals surface area contributed by atoms with E-state index in [0.717, 1.165) is 0 Å². The molecule has 0 rings (SSSR count). The number of rotatable bonds is 12. The molecule has 104 valence electrons. The van der Waals surface area contributed by atoms with Crippen molar-refractivity contribution >= 4 is 0 Å². The molecule has 0 aliphatic rings. The zero-order valence-corrected chi connectivity index (χ0v) is 11.2. The lowest BCUT2D eigenvalue weighted by atomic mass is 10.3. The van der Waals surface area contributed by atoms with Crippen LogP contribution in [0.4, 0.5) is 0 Å². The standard InChI is InChI=1S/C12H26O5/c1-4-14-7-11(13)8-17-12(9-15-5-2)10-16-6-3/h11-13H,4-10H2,1-3H3. The van der Waals surface area contributed by atoms with Crippen molar-refractivity contribution in [2.24, 2.45) is 0 Å². The van der Waals surface area contributed by atoms with E-state index in [2.05, 4.69) is 0 Å². The molecule has 0 amide bonds. The maximum atomic E-state index is 9.55. The van der Waals surface area contributed by atoms with Crippen LogP contribution < -0.4 is 0 Å². The summed E-state index contributed by atoms with van der Waals surface area (Å²) in [5.41, 5.74) is 0. The average molecular weight is 250 g/mol. The molecule has 0 aliphatic heterocycles. The topological polar surface area (TPSA) is 57.2 Å². The Hall–Kier alpha value is -0.200. The molecule has 0 saturated carbocycles. The molecule has 0 aromatic heterocycles. The SMILES string of the molecule is CCOCC(O)COC(COCC)COCC. The van der Waals surface area contributed by atoms with Gasteiger partial charge in [-0.3, -0.25) is 0 Å². The highest BCUT2D eigenvalue weighted by Gasteiger charge is 2.12. The van der Waals surface area contributed by atoms with Gasteiger partial charge in [0.2, 0.25) is 0 Å². The summed E-state index contributed by atoms with van der Waals surface area (Å²) in [5.74, 6) is 0. The lowest BCUT2D eigenvalue weighted by molar-refractivity contribution is -0.0901. The van der Waals surface area contributed by atoms with Crippen LogP contribution in [0.25, 0.3) is 0 Å². The zero-order chi connectivity index (χ0) is 12.9. The Balaban J connectivity index is 3.71. The van der Waals surface area contributed by atoms with E-state index in [4.69, 9.17) is 18.9 Å². The van der Waals surface area contributed by atoms with Crippen LogP contribution in [-0.2, 0) is 18.9 Å². The number of aliphatic hydroxyl groups excluding tert-OH is 1. The Morgan fingerprint density at radius 2 is 1.24 bits per heavy atom. The van der Waals surface area contributed by atoms with Crippen LogP contribution in [0.1, 0.15) is 20.8 Å². The first-order chi connectivity index (χ1) is 8.24. The normalized spacial score (nSPS) is 13.2. The van der Waals surface area contributed by atoms with Crippen molar-refractivity contribution in [2.75, 3.05) is 46.2 Å². The molecule has 1 unspecified atom stereocenters. The minimum atomic E-state index is -0.597. The highest BCUT2D eigenvalue weighted by atomic mass is 16.6. The van der Waals surface area contributed by atoms with Gasteiger partial charge in [0, 0.05) is 19.8 Å². The second-order valence-corrected chi connectivity index (χ2v) is 3.59. The smallest absolute Gasteiger partial charge is 0.104 e. The van der Waals surface area contributed by atoms with Gasteiger partial charge in [-0.15, -0.1) is 0 Å². The summed E-state index contributed by atoms with van der Waals surface area (Å²) >= 11 is 0. The van der Waals surface area contributed by atoms with Crippen LogP contribution in [0.15, 0.2) is 0 Å². The quantitative estimate of drug-likeness (QED) is 0.556. The van der Waals surface area contributed by atoms with E-state index in [1.807, 2.05) is 20.8 Å². The summed E-state index contributed by atoms with van der Waals surface area (Å²) in [5, 5.41) is 9.55. The van der Waals surface area contributed by atoms with Gasteiger partial charge in [0.15, 0.2) is 0 Å². The van der Waals surface area contributed by atoms with E-state index in [1.165, 1.54) is 0 Å². The summed E-state index contributed by atoms with van der Waals surface area (Å²) in [6, 6.07) is 0. The molecule has 0 bridgehead atoms. The van der Waals surface area contributed by atoms with Crippen molar-refractivity contribution < 1.29 is 24.1 Å². The van der Waals surface area contributed by atoms with Gasteiger partial charge in [-0.05, 0) is 20.8 Å². The van der Waals surface area contributed by atoms with E-state index in [-0.39, 0.29) is 12.7 Å². The monoisotopic (exact) mass is 250 g/mol. The highest BCUT2D eigenvalue weighted by Crippen LogP contribution is 1.98. The molecule has 1 atom stereocenters. The number of hydrogen-bond acceptors (Lipinski definition) is 5. The molecule has 0 fully saturated rings. The van der Waals surface area contributed by atoms with Crippen LogP contribution in [0.5, 0.6) is 0 Å². The summed E-state index contributed by atoms with van der Waals surface area (Å²) in [6.45, 7) is 9.15. The average Bonchev–Trinajstić information content (AvgIpc) is 2.35. The van der Waals surface area contributed by atoms with Crippen molar-refractivity contribution in [2.45, 2.75) is 33.0 Å². The van der Waals surface area contributed by atoms with Gasteiger partial charge in [0.25, 0.3) is 0 Å². The Kier molecular flexibility index (Phi) is 12.1. The molecule has 0 heterocycles. The third kappa shape index (κ3) is 10.7. The van der Waals surface area contributed by atoms with Gasteiger partial charge >= 0.3 is 0 Å². The highest BCUT2D eigenvalue weighted by molar-refractivity contribution is 4.59. The maximum absolute atomic E-state index is 9.55. The largest absolute Gasteiger partial charge is 0.388 e. The molecule has 0 saturated heterocycles. The molecule has 1 N–H and O–H groups in total. The molecule has 0 aromatic rings. The number of ether oxygens (including phenoxy) is 4. The fraction of sp³-hybridized carbons (Fsp3) is 1.00. The van der Waals surface area contributed by atoms with E-state index < -0.39 is 6.10 Å². The van der Waals surface area contributed by atoms with Crippen LogP contribution >= 0.6 is 0 Å². The Labute approximate surface area is 104 Å². The Bertz CT molecular complexity index is 146. The molecule has 0 radical (unpaired) electrons. The predicted molar refractivity (Wildman–Crippen MR) is 65.2 cm³/mol. The minimum Gasteiger partial charge on any atom is -0.388 e. The molecule has 5 nitrogen and oxygen atoms in total. The van der Waals surface area contributed by atoms with E-state index in [1.54, 1.807) is 0 Å². The summed E-state index contributed by atoms with van der Waals surface area (Å²) in [7, 11) is 0. The fourth-order valence-electron chi connectivity index (χ4n) is 1.19. The Morgan fingerprint density at radius 3 is 1.71 bits per heavy atom. The Morgan fingerprint density at radius 1 is 0.765 bits per heavy atom. The van der Waals surface area contributed by atoms with Crippen LogP contribution in [0.3, 0.4) is 0 Å². The van der Waals surface area contributed by atoms with Crippen molar-refractivity contribution in [1.82, 2.24) is 0 Å². The predicted octanol–water partition coefficient (Wildman–Crippen LogP) is 0.842. The second-order valence-electron chi connectivity index (χ2n) is 3.59. The molecule has 5 heteroatoms. The summed E-state index contributed by atoms with van der Waals surface area (Å²) in [6.07, 6.45) is -0.730. The van der Waals surface area contributed by atoms with Crippen molar-refractivity contribution in [3.05, 3.63) is 0 Å². The third-order valence-corrected chi connectivity index (χ3v) is 2.05. The van der Waals surface area contributed by atoms with Gasteiger partial charge in [0.05, 0.1) is 26.4 Å². The van der Waals surface area contributed by atoms with Crippen molar-refractivity contribution in [1.29, 1.82) is 0 Å². The number of aliphatic hydroxyl groups is 1. The first-order valence-electron chi connectivity index (χ1n) is 6.27. The van der Waals surface area contributed by atoms with Crippen LogP contribution in [-0.4, -0.2) is 63.6 Å². The summed E-state index contributed by atoms with van der Waals surface area (Å²) < 4.78 is 21.2. The lowest BCUT2D eigenvalue weighted by Gasteiger charge is -2.19. The minimum absolute atomic E-state index is 0.133. The third-order valence-electron chi connectivity index (χ3n) is 2.05. The van der Waals surface area contributed by atoms with Gasteiger partial charge in [-0.1, -0.05) is 0 Å². The fourth-order valence-corrected chi connectivity index (χ4v) is 1.19. The molecule has 0 spiro atoms. The van der Waals surface area contributed by atoms with Crippen molar-refractivity contribution in [3.8, 4) is 0 Å². The van der Waals surface area contributed by atoms with E-state index >= 15 is 0 Å². The van der Waals surface area contributed by atoms with Crippen molar-refractivity contribution in [3.63, 3.8) is 0 Å². The van der Waals surface area contributed by atoms with Gasteiger partial charge in [-0.25, -0.2) is 0 Å². The first kappa shape index (κ1) is 16.8. The molecule has 0 aliphatic carbocycles. The van der Waals surface area contributed by atoms with E-state index in [0.29, 0.717) is 39.6 Å². The lowest BCUT2D eigenvalue weighted by Crippen LogP contribution is -2.31. The van der Waals surface area contributed by atoms with Gasteiger partial charge in [-0.2, -0.15) is 0 Å². The second kappa shape index (κ2) is 12.3. The maximum Gasteiger partial charge on any atom is 0.104 e. The molecule has 17 heavy (non-hydrogen) atoms. The number of hydrogen-bond donors (Lipinski definition) is 1. The van der Waals surface area contributed by atoms with Gasteiger partial charge in [0.1, 0.15) is 12.2 Å². The van der Waals surface area contributed by atoms with Crippen LogP contribution in [0.2, 0.25) is 0 Å². The zero-order valence-electron chi connectivity index (χ0n) is 11.2. The molecular weight excluding hydrogens is 224 g/mol. The van der Waals surface area contributed by atoms with E-state index in [9.17, 15) is 5.11 Å². The van der Waals surface area contributed by atoms with Gasteiger partial charge < -0.3 is 24.1 Å². The summed E-state index contributed by atoms with van der Waals surface area (Å²) in [4.78, 5) is 0. The first-order valence-corrected chi connectivity index (χ1v) is 6.27. The molecular formula is C12H26O5. The van der Waals surface area contributed by atoms with Crippen LogP contribution in [0, 0.1) is 0 Å².